The first-order chi connectivity index (χ1) is 14.2. The van der Waals surface area contributed by atoms with Gasteiger partial charge in [-0.05, 0) is 48.6 Å². The molecule has 1 saturated heterocycles. The van der Waals surface area contributed by atoms with Crippen molar-refractivity contribution in [3.63, 3.8) is 0 Å². The van der Waals surface area contributed by atoms with Crippen LogP contribution in [0.1, 0.15) is 36.5 Å². The molecule has 164 valence electrons. The molecule has 5 nitrogen and oxygen atoms in total. The third-order valence-electron chi connectivity index (χ3n) is 5.29. The van der Waals surface area contributed by atoms with E-state index in [1.54, 1.807) is 0 Å². The second-order valence-electron chi connectivity index (χ2n) is 7.44. The van der Waals surface area contributed by atoms with Crippen LogP contribution in [0, 0.1) is 0 Å². The van der Waals surface area contributed by atoms with Crippen molar-refractivity contribution in [2.75, 3.05) is 19.6 Å². The first-order valence-electron chi connectivity index (χ1n) is 10.4. The highest BCUT2D eigenvalue weighted by Crippen LogP contribution is 2.16. The fourth-order valence-electron chi connectivity index (χ4n) is 3.63. The monoisotopic (exact) mass is 542 g/mol. The molecule has 1 fully saturated rings. The molecule has 3 N–H and O–H groups in total. The zero-order valence-electron chi connectivity index (χ0n) is 17.5. The maximum Gasteiger partial charge on any atom is 0.191 e. The Kier molecular flexibility index (Phi) is 10.9. The van der Waals surface area contributed by atoms with Crippen molar-refractivity contribution in [1.29, 1.82) is 0 Å². The second kappa shape index (κ2) is 13.1. The molecule has 30 heavy (non-hydrogen) atoms. The molecule has 0 bridgehead atoms. The van der Waals surface area contributed by atoms with Crippen molar-refractivity contribution < 1.29 is 5.11 Å². The quantitative estimate of drug-likeness (QED) is 0.279. The Balaban J connectivity index is 0.00000320. The van der Waals surface area contributed by atoms with E-state index in [1.807, 2.05) is 36.4 Å². The molecule has 0 unspecified atom stereocenters. The SMILES string of the molecule is CCNC(=NCc1ccccc1CO)NC1CCN(Cc2ccc(Cl)cc2)CC1.I. The minimum Gasteiger partial charge on any atom is -0.392 e. The smallest absolute Gasteiger partial charge is 0.191 e. The van der Waals surface area contributed by atoms with Crippen LogP contribution in [0.5, 0.6) is 0 Å². The standard InChI is InChI=1S/C23H31ClN4O.HI/c1-2-25-23(26-15-19-5-3-4-6-20(19)17-29)27-22-11-13-28(14-12-22)16-18-7-9-21(24)10-8-18;/h3-10,22,29H,2,11-17H2,1H3,(H2,25,26,27);1H. The van der Waals surface area contributed by atoms with Gasteiger partial charge in [0.25, 0.3) is 0 Å². The summed E-state index contributed by atoms with van der Waals surface area (Å²) in [4.78, 5) is 7.23. The first kappa shape index (κ1) is 24.9. The normalized spacial score (nSPS) is 15.5. The van der Waals surface area contributed by atoms with Crippen LogP contribution in [0.4, 0.5) is 0 Å². The third kappa shape index (κ3) is 7.72. The molecule has 0 radical (unpaired) electrons. The van der Waals surface area contributed by atoms with Gasteiger partial charge in [0.1, 0.15) is 0 Å². The highest BCUT2D eigenvalue weighted by atomic mass is 127. The van der Waals surface area contributed by atoms with Crippen molar-refractivity contribution in [2.24, 2.45) is 4.99 Å². The molecule has 0 atom stereocenters. The number of guanidine groups is 1. The van der Waals surface area contributed by atoms with E-state index in [0.29, 0.717) is 12.6 Å². The lowest BCUT2D eigenvalue weighted by Crippen LogP contribution is -2.48. The predicted octanol–water partition coefficient (Wildman–Crippen LogP) is 4.17. The zero-order valence-corrected chi connectivity index (χ0v) is 20.6. The molecule has 2 aromatic carbocycles. The Labute approximate surface area is 201 Å². The number of nitrogens with zero attached hydrogens (tertiary/aromatic N) is 2. The number of piperidine rings is 1. The fraction of sp³-hybridized carbons (Fsp3) is 0.435. The molecular formula is C23H32ClIN4O. The minimum atomic E-state index is 0. The van der Waals surface area contributed by atoms with E-state index in [1.165, 1.54) is 5.56 Å². The summed E-state index contributed by atoms with van der Waals surface area (Å²) in [5.41, 5.74) is 3.30. The Hall–Kier alpha value is -1.35. The summed E-state index contributed by atoms with van der Waals surface area (Å²) in [5.74, 6) is 0.844. The lowest BCUT2D eigenvalue weighted by Gasteiger charge is -2.33. The van der Waals surface area contributed by atoms with Gasteiger partial charge < -0.3 is 15.7 Å². The average Bonchev–Trinajstić information content (AvgIpc) is 2.75. The van der Waals surface area contributed by atoms with Gasteiger partial charge in [-0.15, -0.1) is 24.0 Å². The van der Waals surface area contributed by atoms with Crippen LogP contribution < -0.4 is 10.6 Å². The van der Waals surface area contributed by atoms with Gasteiger partial charge in [-0.25, -0.2) is 4.99 Å². The van der Waals surface area contributed by atoms with Crippen molar-refractivity contribution in [3.8, 4) is 0 Å². The van der Waals surface area contributed by atoms with Crippen molar-refractivity contribution in [3.05, 3.63) is 70.2 Å². The topological polar surface area (TPSA) is 59.9 Å². The van der Waals surface area contributed by atoms with E-state index in [2.05, 4.69) is 34.6 Å². The van der Waals surface area contributed by atoms with E-state index < -0.39 is 0 Å². The van der Waals surface area contributed by atoms with Gasteiger partial charge in [-0.3, -0.25) is 4.90 Å². The van der Waals surface area contributed by atoms with Crippen LogP contribution >= 0.6 is 35.6 Å². The third-order valence-corrected chi connectivity index (χ3v) is 5.54. The molecule has 3 rings (SSSR count). The number of aliphatic hydroxyl groups excluding tert-OH is 1. The number of benzene rings is 2. The number of halogens is 2. The number of nitrogens with one attached hydrogen (secondary N) is 2. The molecule has 2 aromatic rings. The van der Waals surface area contributed by atoms with E-state index in [9.17, 15) is 5.11 Å². The van der Waals surface area contributed by atoms with E-state index in [0.717, 1.165) is 61.1 Å². The molecule has 1 aliphatic rings. The zero-order chi connectivity index (χ0) is 20.5. The van der Waals surface area contributed by atoms with E-state index in [-0.39, 0.29) is 30.6 Å². The van der Waals surface area contributed by atoms with Crippen LogP contribution in [0.25, 0.3) is 0 Å². The number of hydrogen-bond donors (Lipinski definition) is 3. The molecule has 0 aliphatic carbocycles. The highest BCUT2D eigenvalue weighted by molar-refractivity contribution is 14.0. The molecule has 1 aliphatic heterocycles. The summed E-state index contributed by atoms with van der Waals surface area (Å²) in [6.45, 7) is 6.59. The molecule has 0 spiro atoms. The molecule has 1 heterocycles. The van der Waals surface area contributed by atoms with E-state index >= 15 is 0 Å². The molecule has 0 saturated carbocycles. The van der Waals surface area contributed by atoms with Crippen molar-refractivity contribution in [2.45, 2.75) is 45.5 Å². The maximum atomic E-state index is 9.50. The average molecular weight is 543 g/mol. The fourth-order valence-corrected chi connectivity index (χ4v) is 3.75. The summed E-state index contributed by atoms with van der Waals surface area (Å²) < 4.78 is 0. The summed E-state index contributed by atoms with van der Waals surface area (Å²) in [6.07, 6.45) is 2.18. The van der Waals surface area contributed by atoms with Gasteiger partial charge in [0.15, 0.2) is 5.96 Å². The van der Waals surface area contributed by atoms with Gasteiger partial charge in [-0.1, -0.05) is 48.0 Å². The van der Waals surface area contributed by atoms with Crippen LogP contribution in [0.15, 0.2) is 53.5 Å². The summed E-state index contributed by atoms with van der Waals surface area (Å²) in [6, 6.07) is 16.4. The Morgan fingerprint density at radius 3 is 2.40 bits per heavy atom. The summed E-state index contributed by atoms with van der Waals surface area (Å²) in [7, 11) is 0. The maximum absolute atomic E-state index is 9.50. The van der Waals surface area contributed by atoms with Gasteiger partial charge >= 0.3 is 0 Å². The minimum absolute atomic E-state index is 0. The van der Waals surface area contributed by atoms with Gasteiger partial charge in [0.05, 0.1) is 13.2 Å². The van der Waals surface area contributed by atoms with Crippen LogP contribution in [-0.2, 0) is 19.7 Å². The molecule has 0 amide bonds. The summed E-state index contributed by atoms with van der Waals surface area (Å²) in [5, 5.41) is 17.2. The highest BCUT2D eigenvalue weighted by Gasteiger charge is 2.20. The predicted molar refractivity (Wildman–Crippen MR) is 135 cm³/mol. The van der Waals surface area contributed by atoms with Crippen molar-refractivity contribution >= 4 is 41.5 Å². The van der Waals surface area contributed by atoms with Crippen LogP contribution in [0.3, 0.4) is 0 Å². The van der Waals surface area contributed by atoms with E-state index in [4.69, 9.17) is 16.6 Å². The van der Waals surface area contributed by atoms with Crippen LogP contribution in [-0.4, -0.2) is 41.6 Å². The molecule has 7 heteroatoms. The Morgan fingerprint density at radius 1 is 1.10 bits per heavy atom. The van der Waals surface area contributed by atoms with Crippen molar-refractivity contribution in [1.82, 2.24) is 15.5 Å². The lowest BCUT2D eigenvalue weighted by molar-refractivity contribution is 0.198. The number of likely N-dealkylation sites (tertiary alicyclic amines) is 1. The number of aliphatic imine (C=N–C) groups is 1. The van der Waals surface area contributed by atoms with Crippen LogP contribution in [0.2, 0.25) is 5.02 Å². The molecular weight excluding hydrogens is 511 g/mol. The second-order valence-corrected chi connectivity index (χ2v) is 7.88. The number of hydrogen-bond acceptors (Lipinski definition) is 3. The number of rotatable bonds is 7. The lowest BCUT2D eigenvalue weighted by atomic mass is 10.0. The Bertz CT molecular complexity index is 792. The summed E-state index contributed by atoms with van der Waals surface area (Å²) >= 11 is 5.98. The largest absolute Gasteiger partial charge is 0.392 e. The molecule has 0 aromatic heterocycles. The number of aliphatic hydroxyl groups is 1. The van der Waals surface area contributed by atoms with Gasteiger partial charge in [0, 0.05) is 37.2 Å². The van der Waals surface area contributed by atoms with Gasteiger partial charge in [0.2, 0.25) is 0 Å². The first-order valence-corrected chi connectivity index (χ1v) is 10.7. The van der Waals surface area contributed by atoms with Gasteiger partial charge in [-0.2, -0.15) is 0 Å². The Morgan fingerprint density at radius 2 is 1.77 bits per heavy atom.